The van der Waals surface area contributed by atoms with E-state index in [9.17, 15) is 0 Å². The molecule has 0 spiro atoms. The van der Waals surface area contributed by atoms with Crippen LogP contribution in [0.2, 0.25) is 0 Å². The molecule has 0 heterocycles. The predicted molar refractivity (Wildman–Crippen MR) is 130 cm³/mol. The average Bonchev–Trinajstić information content (AvgIpc) is 2.82. The maximum absolute atomic E-state index is 7.00. The molecule has 3 aromatic carbocycles. The third-order valence-electron chi connectivity index (χ3n) is 2.94. The summed E-state index contributed by atoms with van der Waals surface area (Å²) in [4.78, 5) is 4.08. The molecule has 0 saturated carbocycles. The van der Waals surface area contributed by atoms with Gasteiger partial charge in [-0.2, -0.15) is 0 Å². The van der Waals surface area contributed by atoms with E-state index in [1.54, 1.807) is 0 Å². The van der Waals surface area contributed by atoms with Gasteiger partial charge in [-0.25, -0.2) is 0 Å². The Morgan fingerprint density at radius 1 is 0.429 bits per heavy atom. The zero-order valence-electron chi connectivity index (χ0n) is 18.0. The first-order valence-electron chi connectivity index (χ1n) is 9.79. The van der Waals surface area contributed by atoms with Crippen LogP contribution in [-0.4, -0.2) is 12.2 Å². The third-order valence-corrected chi connectivity index (χ3v) is 5.17. The van der Waals surface area contributed by atoms with Crippen molar-refractivity contribution in [3.63, 3.8) is 0 Å². The number of hydrogen-bond acceptors (Lipinski definition) is 1. The van der Waals surface area contributed by atoms with Crippen LogP contribution in [0, 0.1) is 0 Å². The van der Waals surface area contributed by atoms with Crippen LogP contribution in [0.4, 0.5) is 0 Å². The van der Waals surface area contributed by atoms with Crippen LogP contribution >= 0.6 is 0 Å². The molecule has 0 aromatic heterocycles. The number of aliphatic hydroxyl groups is 1. The van der Waals surface area contributed by atoms with Gasteiger partial charge < -0.3 is 5.11 Å². The minimum Gasteiger partial charge on any atom is -0.400 e. The highest BCUT2D eigenvalue weighted by molar-refractivity contribution is 7.97. The van der Waals surface area contributed by atoms with Gasteiger partial charge in [-0.3, -0.25) is 0 Å². The second-order valence-corrected chi connectivity index (χ2v) is 6.27. The Balaban J connectivity index is -0.000000622. The monoisotopic (exact) mass is 401 g/mol. The topological polar surface area (TPSA) is 20.2 Å². The smallest absolute Gasteiger partial charge is 0.166 e. The molecule has 0 aliphatic carbocycles. The SMILES string of the molecule is C.CC.CC.CC.CO.c1ccc([S+](c2ccccc2)c2ccccc2)cc1. The van der Waals surface area contributed by atoms with Gasteiger partial charge in [0.15, 0.2) is 14.7 Å². The molecule has 1 N–H and O–H groups in total. The van der Waals surface area contributed by atoms with E-state index in [1.165, 1.54) is 14.7 Å². The molecular formula is C26H41OS+. The van der Waals surface area contributed by atoms with Gasteiger partial charge in [0.25, 0.3) is 0 Å². The van der Waals surface area contributed by atoms with E-state index in [2.05, 4.69) is 91.0 Å². The van der Waals surface area contributed by atoms with Crippen LogP contribution < -0.4 is 0 Å². The lowest BCUT2D eigenvalue weighted by Crippen LogP contribution is -2.04. The van der Waals surface area contributed by atoms with Gasteiger partial charge in [0, 0.05) is 7.11 Å². The summed E-state index contributed by atoms with van der Waals surface area (Å²) in [5, 5.41) is 7.00. The van der Waals surface area contributed by atoms with Crippen LogP contribution in [0.25, 0.3) is 0 Å². The summed E-state index contributed by atoms with van der Waals surface area (Å²) in [6.45, 7) is 12.0. The van der Waals surface area contributed by atoms with Crippen molar-refractivity contribution in [1.29, 1.82) is 0 Å². The van der Waals surface area contributed by atoms with E-state index in [0.29, 0.717) is 0 Å². The van der Waals surface area contributed by atoms with Crippen molar-refractivity contribution in [1.82, 2.24) is 0 Å². The van der Waals surface area contributed by atoms with Crippen molar-refractivity contribution in [2.24, 2.45) is 0 Å². The highest BCUT2D eigenvalue weighted by Gasteiger charge is 2.27. The summed E-state index contributed by atoms with van der Waals surface area (Å²) in [7, 11) is 0.985. The highest BCUT2D eigenvalue weighted by Crippen LogP contribution is 2.30. The summed E-state index contributed by atoms with van der Waals surface area (Å²) in [5.41, 5.74) is 0. The zero-order valence-corrected chi connectivity index (χ0v) is 18.8. The summed E-state index contributed by atoms with van der Waals surface area (Å²) in [5.74, 6) is 0. The molecule has 0 amide bonds. The molecule has 1 nitrogen and oxygen atoms in total. The number of rotatable bonds is 3. The first kappa shape index (κ1) is 30.7. The Hall–Kier alpha value is -2.03. The van der Waals surface area contributed by atoms with Gasteiger partial charge in [-0.05, 0) is 36.4 Å². The Bertz CT molecular complexity index is 530. The van der Waals surface area contributed by atoms with Crippen molar-refractivity contribution in [3.8, 4) is 0 Å². The Morgan fingerprint density at radius 2 is 0.607 bits per heavy atom. The molecule has 156 valence electrons. The number of aliphatic hydroxyl groups excluding tert-OH is 1. The predicted octanol–water partition coefficient (Wildman–Crippen LogP) is 8.11. The van der Waals surface area contributed by atoms with E-state index in [0.717, 1.165) is 7.11 Å². The van der Waals surface area contributed by atoms with E-state index in [1.807, 2.05) is 41.5 Å². The van der Waals surface area contributed by atoms with E-state index < -0.39 is 0 Å². The van der Waals surface area contributed by atoms with Crippen molar-refractivity contribution >= 4 is 10.9 Å². The molecule has 0 unspecified atom stereocenters. The van der Waals surface area contributed by atoms with E-state index >= 15 is 0 Å². The molecule has 0 saturated heterocycles. The Labute approximate surface area is 177 Å². The molecule has 0 aliphatic heterocycles. The first-order chi connectivity index (χ1) is 13.4. The fourth-order valence-corrected chi connectivity index (χ4v) is 4.18. The number of benzene rings is 3. The lowest BCUT2D eigenvalue weighted by molar-refractivity contribution is 0.399. The number of hydrogen-bond donors (Lipinski definition) is 1. The van der Waals surface area contributed by atoms with Crippen LogP contribution in [0.5, 0.6) is 0 Å². The van der Waals surface area contributed by atoms with Gasteiger partial charge in [0.2, 0.25) is 0 Å². The maximum Gasteiger partial charge on any atom is 0.166 e. The first-order valence-corrected chi connectivity index (χ1v) is 11.0. The molecule has 2 heteroatoms. The van der Waals surface area contributed by atoms with Crippen molar-refractivity contribution in [3.05, 3.63) is 91.0 Å². The zero-order chi connectivity index (χ0) is 20.9. The molecule has 28 heavy (non-hydrogen) atoms. The minimum absolute atomic E-state index is 0. The maximum atomic E-state index is 7.00. The fraction of sp³-hybridized carbons (Fsp3) is 0.308. The van der Waals surface area contributed by atoms with Crippen molar-refractivity contribution < 1.29 is 5.11 Å². The van der Waals surface area contributed by atoms with Gasteiger partial charge in [0.05, 0.1) is 10.9 Å². The lowest BCUT2D eigenvalue weighted by atomic mass is 10.4. The second kappa shape index (κ2) is 23.0. The summed E-state index contributed by atoms with van der Waals surface area (Å²) < 4.78 is 0. The highest BCUT2D eigenvalue weighted by atomic mass is 32.2. The molecule has 0 atom stereocenters. The van der Waals surface area contributed by atoms with Crippen molar-refractivity contribution in [2.45, 2.75) is 63.7 Å². The summed E-state index contributed by atoms with van der Waals surface area (Å²) in [6.07, 6.45) is 0. The fourth-order valence-electron chi connectivity index (χ4n) is 2.08. The van der Waals surface area contributed by atoms with Gasteiger partial charge in [-0.15, -0.1) is 0 Å². The molecular weight excluding hydrogens is 360 g/mol. The standard InChI is InChI=1S/C18H15S.3C2H6.CH4O.CH4/c1-4-10-16(11-5-1)19(17-12-6-2-7-13-17)18-14-8-3-9-15-18;4*1-2;/h1-15H;3*1-2H3;2H,1H3;1H4/q+1;;;;;. The van der Waals surface area contributed by atoms with Gasteiger partial charge >= 0.3 is 0 Å². The molecule has 0 fully saturated rings. The largest absolute Gasteiger partial charge is 0.400 e. The Morgan fingerprint density at radius 3 is 0.786 bits per heavy atom. The van der Waals surface area contributed by atoms with Crippen LogP contribution in [0.1, 0.15) is 49.0 Å². The molecule has 0 aliphatic rings. The molecule has 3 aromatic rings. The lowest BCUT2D eigenvalue weighted by Gasteiger charge is -2.07. The average molecular weight is 402 g/mol. The summed E-state index contributed by atoms with van der Waals surface area (Å²) in [6, 6.07) is 32.2. The van der Waals surface area contributed by atoms with Gasteiger partial charge in [0.1, 0.15) is 0 Å². The van der Waals surface area contributed by atoms with Crippen molar-refractivity contribution in [2.75, 3.05) is 7.11 Å². The second-order valence-electron chi connectivity index (χ2n) is 4.25. The Kier molecular flexibility index (Phi) is 25.2. The van der Waals surface area contributed by atoms with Crippen LogP contribution in [-0.2, 0) is 10.9 Å². The van der Waals surface area contributed by atoms with E-state index in [4.69, 9.17) is 5.11 Å². The minimum atomic E-state index is -0.0146. The van der Waals surface area contributed by atoms with E-state index in [-0.39, 0.29) is 18.3 Å². The third kappa shape index (κ3) is 11.0. The molecule has 0 bridgehead atoms. The quantitative estimate of drug-likeness (QED) is 0.439. The van der Waals surface area contributed by atoms with Crippen LogP contribution in [0.3, 0.4) is 0 Å². The van der Waals surface area contributed by atoms with Gasteiger partial charge in [-0.1, -0.05) is 104 Å². The van der Waals surface area contributed by atoms with Crippen LogP contribution in [0.15, 0.2) is 106 Å². The molecule has 0 radical (unpaired) electrons. The summed E-state index contributed by atoms with van der Waals surface area (Å²) >= 11 is 0. The normalized spacial score (nSPS) is 8.04. The molecule has 3 rings (SSSR count).